The number of carbonyl (C=O) groups is 1. The van der Waals surface area contributed by atoms with Crippen LogP contribution in [0.1, 0.15) is 32.1 Å². The molecule has 2 N–H and O–H groups in total. The first kappa shape index (κ1) is 20.0. The van der Waals surface area contributed by atoms with Crippen molar-refractivity contribution in [3.8, 4) is 0 Å². The number of ether oxygens (including phenoxy) is 1. The molecule has 0 aliphatic carbocycles. The van der Waals surface area contributed by atoms with Crippen LogP contribution in [-0.4, -0.2) is 56.7 Å². The smallest absolute Gasteiger partial charge is 0.305 e. The predicted molar refractivity (Wildman–Crippen MR) is 102 cm³/mol. The van der Waals surface area contributed by atoms with Crippen LogP contribution >= 0.6 is 0 Å². The average Bonchev–Trinajstić information content (AvgIpc) is 2.67. The van der Waals surface area contributed by atoms with Crippen LogP contribution in [-0.2, 0) is 9.53 Å². The zero-order valence-corrected chi connectivity index (χ0v) is 15.5. The van der Waals surface area contributed by atoms with Crippen molar-refractivity contribution in [3.05, 3.63) is 30.1 Å². The first-order chi connectivity index (χ1) is 12.6. The summed E-state index contributed by atoms with van der Waals surface area (Å²) in [7, 11) is 1.42. The number of benzene rings is 1. The van der Waals surface area contributed by atoms with Gasteiger partial charge in [-0.2, -0.15) is 0 Å². The van der Waals surface area contributed by atoms with Gasteiger partial charge in [0.2, 0.25) is 0 Å². The summed E-state index contributed by atoms with van der Waals surface area (Å²) in [6.45, 7) is 4.02. The van der Waals surface area contributed by atoms with E-state index in [1.165, 1.54) is 19.2 Å². The Bertz CT molecular complexity index is 584. The second kappa shape index (κ2) is 10.6. The summed E-state index contributed by atoms with van der Waals surface area (Å²) in [6.07, 6.45) is 4.35. The first-order valence-corrected chi connectivity index (χ1v) is 9.22. The van der Waals surface area contributed by atoms with Crippen LogP contribution in [0.5, 0.6) is 0 Å². The van der Waals surface area contributed by atoms with Crippen molar-refractivity contribution in [2.24, 2.45) is 10.7 Å². The Kier molecular flexibility index (Phi) is 8.18. The maximum atomic E-state index is 13.0. The topological polar surface area (TPSA) is 71.2 Å². The van der Waals surface area contributed by atoms with Crippen molar-refractivity contribution in [2.75, 3.05) is 44.7 Å². The van der Waals surface area contributed by atoms with Gasteiger partial charge < -0.3 is 20.3 Å². The van der Waals surface area contributed by atoms with E-state index in [-0.39, 0.29) is 11.8 Å². The summed E-state index contributed by atoms with van der Waals surface area (Å²) in [5.41, 5.74) is 7.13. The molecule has 0 unspecified atom stereocenters. The molecule has 0 spiro atoms. The number of esters is 1. The number of rotatable bonds is 8. The summed E-state index contributed by atoms with van der Waals surface area (Å²) in [5, 5.41) is 0. The van der Waals surface area contributed by atoms with Gasteiger partial charge in [0.1, 0.15) is 5.82 Å². The van der Waals surface area contributed by atoms with E-state index in [1.54, 1.807) is 0 Å². The number of nitrogens with two attached hydrogens (primary N) is 1. The Labute approximate surface area is 154 Å². The fourth-order valence-electron chi connectivity index (χ4n) is 2.98. The van der Waals surface area contributed by atoms with Gasteiger partial charge in [-0.15, -0.1) is 0 Å². The molecule has 1 aliphatic rings. The monoisotopic (exact) mass is 364 g/mol. The molecule has 6 nitrogen and oxygen atoms in total. The third-order valence-electron chi connectivity index (χ3n) is 4.59. The van der Waals surface area contributed by atoms with Crippen molar-refractivity contribution in [1.29, 1.82) is 0 Å². The summed E-state index contributed by atoms with van der Waals surface area (Å²) >= 11 is 0. The average molecular weight is 364 g/mol. The van der Waals surface area contributed by atoms with Crippen LogP contribution in [0.15, 0.2) is 29.3 Å². The molecule has 144 valence electrons. The number of hydrogen-bond acceptors (Lipinski definition) is 4. The lowest BCUT2D eigenvalue weighted by molar-refractivity contribution is -0.140. The van der Waals surface area contributed by atoms with Crippen LogP contribution in [0.25, 0.3) is 0 Å². The van der Waals surface area contributed by atoms with E-state index in [0.29, 0.717) is 18.9 Å². The second-order valence-electron chi connectivity index (χ2n) is 6.43. The van der Waals surface area contributed by atoms with Gasteiger partial charge in [0, 0.05) is 44.8 Å². The highest BCUT2D eigenvalue weighted by Gasteiger charge is 2.18. The van der Waals surface area contributed by atoms with Crippen molar-refractivity contribution in [1.82, 2.24) is 4.90 Å². The minimum Gasteiger partial charge on any atom is -0.469 e. The predicted octanol–water partition coefficient (Wildman–Crippen LogP) is 2.39. The lowest BCUT2D eigenvalue weighted by Crippen LogP contribution is -2.51. The van der Waals surface area contributed by atoms with E-state index < -0.39 is 0 Å². The number of halogens is 1. The molecule has 0 bridgehead atoms. The lowest BCUT2D eigenvalue weighted by atomic mass is 10.1. The van der Waals surface area contributed by atoms with E-state index in [9.17, 15) is 9.18 Å². The van der Waals surface area contributed by atoms with E-state index in [2.05, 4.69) is 19.5 Å². The Morgan fingerprint density at radius 1 is 1.12 bits per heavy atom. The Balaban J connectivity index is 1.63. The maximum absolute atomic E-state index is 13.0. The van der Waals surface area contributed by atoms with Crippen LogP contribution < -0.4 is 10.6 Å². The lowest BCUT2D eigenvalue weighted by Gasteiger charge is -2.36. The van der Waals surface area contributed by atoms with Crippen molar-refractivity contribution in [2.45, 2.75) is 32.1 Å². The molecule has 26 heavy (non-hydrogen) atoms. The second-order valence-corrected chi connectivity index (χ2v) is 6.43. The van der Waals surface area contributed by atoms with Gasteiger partial charge in [-0.25, -0.2) is 4.39 Å². The van der Waals surface area contributed by atoms with Gasteiger partial charge in [0.05, 0.1) is 7.11 Å². The highest BCUT2D eigenvalue weighted by atomic mass is 19.1. The number of aliphatic imine (C=N–C) groups is 1. The van der Waals surface area contributed by atoms with Crippen molar-refractivity contribution < 1.29 is 13.9 Å². The summed E-state index contributed by atoms with van der Waals surface area (Å²) in [4.78, 5) is 19.8. The molecule has 0 amide bonds. The molecule has 1 aromatic carbocycles. The molecule has 1 aromatic rings. The fraction of sp³-hybridized carbons (Fsp3) is 0.579. The molecule has 1 fully saturated rings. The van der Waals surface area contributed by atoms with Gasteiger partial charge in [-0.3, -0.25) is 9.79 Å². The minimum atomic E-state index is -0.214. The molecule has 1 saturated heterocycles. The number of piperazine rings is 1. The molecule has 1 heterocycles. The summed E-state index contributed by atoms with van der Waals surface area (Å²) < 4.78 is 17.6. The number of unbranched alkanes of at least 4 members (excludes halogenated alkanes) is 3. The van der Waals surface area contributed by atoms with Gasteiger partial charge in [0.15, 0.2) is 5.96 Å². The van der Waals surface area contributed by atoms with E-state index in [0.717, 1.165) is 57.5 Å². The molecule has 0 atom stereocenters. The third-order valence-corrected chi connectivity index (χ3v) is 4.59. The number of guanidine groups is 1. The van der Waals surface area contributed by atoms with E-state index >= 15 is 0 Å². The number of anilines is 1. The molecule has 1 aliphatic heterocycles. The number of carbonyl (C=O) groups excluding carboxylic acids is 1. The Hall–Kier alpha value is -2.31. The minimum absolute atomic E-state index is 0.146. The highest BCUT2D eigenvalue weighted by molar-refractivity contribution is 5.78. The number of hydrogen-bond donors (Lipinski definition) is 1. The van der Waals surface area contributed by atoms with Gasteiger partial charge in [0.25, 0.3) is 0 Å². The van der Waals surface area contributed by atoms with Crippen LogP contribution in [0.2, 0.25) is 0 Å². The summed E-state index contributed by atoms with van der Waals surface area (Å²) in [6, 6.07) is 6.59. The molecule has 7 heteroatoms. The van der Waals surface area contributed by atoms with Gasteiger partial charge in [-0.1, -0.05) is 12.8 Å². The summed E-state index contributed by atoms with van der Waals surface area (Å²) in [5.74, 6) is 0.236. The molecule has 0 aromatic heterocycles. The van der Waals surface area contributed by atoms with Crippen molar-refractivity contribution in [3.63, 3.8) is 0 Å². The molecule has 0 radical (unpaired) electrons. The number of methoxy groups -OCH3 is 1. The zero-order valence-electron chi connectivity index (χ0n) is 15.5. The van der Waals surface area contributed by atoms with Crippen LogP contribution in [0, 0.1) is 5.82 Å². The molecule has 0 saturated carbocycles. The van der Waals surface area contributed by atoms with Crippen LogP contribution in [0.4, 0.5) is 10.1 Å². The highest BCUT2D eigenvalue weighted by Crippen LogP contribution is 2.16. The zero-order chi connectivity index (χ0) is 18.8. The largest absolute Gasteiger partial charge is 0.469 e. The standard InChI is InChI=1S/C19H29FN4O2/c1-26-18(25)6-4-2-3-5-11-22-19(21)24-14-12-23(13-15-24)17-9-7-16(20)8-10-17/h7-10H,2-6,11-15H2,1H3,(H2,21,22). The molecular formula is C19H29FN4O2. The molecule has 2 rings (SSSR count). The number of nitrogens with zero attached hydrogens (tertiary/aromatic N) is 3. The Morgan fingerprint density at radius 2 is 1.77 bits per heavy atom. The van der Waals surface area contributed by atoms with E-state index in [1.807, 2.05) is 12.1 Å². The first-order valence-electron chi connectivity index (χ1n) is 9.22. The third kappa shape index (κ3) is 6.54. The van der Waals surface area contributed by atoms with E-state index in [4.69, 9.17) is 5.73 Å². The SMILES string of the molecule is COC(=O)CCCCCCN=C(N)N1CCN(c2ccc(F)cc2)CC1. The normalized spacial score (nSPS) is 15.2. The van der Waals surface area contributed by atoms with Gasteiger partial charge in [-0.05, 0) is 37.1 Å². The maximum Gasteiger partial charge on any atom is 0.305 e. The Morgan fingerprint density at radius 3 is 2.42 bits per heavy atom. The van der Waals surface area contributed by atoms with Crippen molar-refractivity contribution >= 4 is 17.6 Å². The quantitative estimate of drug-likeness (QED) is 0.332. The van der Waals surface area contributed by atoms with Gasteiger partial charge >= 0.3 is 5.97 Å². The fourth-order valence-corrected chi connectivity index (χ4v) is 2.98. The van der Waals surface area contributed by atoms with Crippen LogP contribution in [0.3, 0.4) is 0 Å². The molecular weight excluding hydrogens is 335 g/mol.